The Labute approximate surface area is 111 Å². The molecule has 1 N–H and O–H groups in total. The van der Waals surface area contributed by atoms with Gasteiger partial charge in [0.25, 0.3) is 0 Å². The van der Waals surface area contributed by atoms with Crippen LogP contribution in [-0.4, -0.2) is 39.0 Å². The average molecular weight is 253 g/mol. The molecule has 0 aromatic carbocycles. The molecule has 1 saturated heterocycles. The minimum Gasteiger partial charge on any atom is -0.384 e. The van der Waals surface area contributed by atoms with E-state index in [1.54, 1.807) is 0 Å². The Kier molecular flexibility index (Phi) is 3.65. The Bertz CT molecular complexity index is 288. The van der Waals surface area contributed by atoms with Crippen molar-refractivity contribution in [1.29, 1.82) is 0 Å². The van der Waals surface area contributed by atoms with Crippen LogP contribution >= 0.6 is 0 Å². The van der Waals surface area contributed by atoms with Crippen LogP contribution in [0.5, 0.6) is 0 Å². The predicted octanol–water partition coefficient (Wildman–Crippen LogP) is 2.21. The average Bonchev–Trinajstić information content (AvgIpc) is 3.27. The van der Waals surface area contributed by atoms with E-state index in [0.29, 0.717) is 17.4 Å². The van der Waals surface area contributed by atoms with Crippen molar-refractivity contribution in [2.24, 2.45) is 17.3 Å². The molecule has 1 heterocycles. The van der Waals surface area contributed by atoms with Gasteiger partial charge in [-0.1, -0.05) is 6.92 Å². The fraction of sp³-hybridized carbons (Fsp3) is 1.00. The van der Waals surface area contributed by atoms with Crippen molar-refractivity contribution in [3.63, 3.8) is 0 Å². The van der Waals surface area contributed by atoms with Gasteiger partial charge in [-0.05, 0) is 43.9 Å². The number of hydrogen-bond donors (Lipinski definition) is 1. The maximum atomic E-state index is 6.12. The lowest BCUT2D eigenvalue weighted by molar-refractivity contribution is -0.0181. The van der Waals surface area contributed by atoms with Gasteiger partial charge in [-0.15, -0.1) is 0 Å². The first-order valence-electron chi connectivity index (χ1n) is 7.60. The maximum absolute atomic E-state index is 6.12. The van der Waals surface area contributed by atoms with Crippen LogP contribution in [0.3, 0.4) is 0 Å². The molecule has 3 unspecified atom stereocenters. The molecule has 0 aromatic heterocycles. The van der Waals surface area contributed by atoms with Gasteiger partial charge >= 0.3 is 0 Å². The minimum atomic E-state index is 0.319. The van der Waals surface area contributed by atoms with Crippen LogP contribution < -0.4 is 5.32 Å². The van der Waals surface area contributed by atoms with E-state index >= 15 is 0 Å². The van der Waals surface area contributed by atoms with Crippen molar-refractivity contribution >= 4 is 0 Å². The molecular weight excluding hydrogens is 226 g/mol. The molecule has 0 amide bonds. The number of methoxy groups -OCH3 is 1. The molecule has 3 atom stereocenters. The summed E-state index contributed by atoms with van der Waals surface area (Å²) in [5, 5.41) is 3.76. The van der Waals surface area contributed by atoms with E-state index in [4.69, 9.17) is 9.47 Å². The molecule has 2 aliphatic carbocycles. The molecule has 3 fully saturated rings. The molecule has 18 heavy (non-hydrogen) atoms. The lowest BCUT2D eigenvalue weighted by Gasteiger charge is -2.40. The second kappa shape index (κ2) is 5.10. The lowest BCUT2D eigenvalue weighted by Crippen LogP contribution is -2.48. The number of hydrogen-bond acceptors (Lipinski definition) is 3. The van der Waals surface area contributed by atoms with Crippen LogP contribution in [0.4, 0.5) is 0 Å². The summed E-state index contributed by atoms with van der Waals surface area (Å²) in [5.41, 5.74) is 0.319. The second-order valence-corrected chi connectivity index (χ2v) is 6.62. The molecule has 3 heteroatoms. The highest BCUT2D eigenvalue weighted by molar-refractivity contribution is 5.03. The van der Waals surface area contributed by atoms with E-state index in [1.165, 1.54) is 32.1 Å². The second-order valence-electron chi connectivity index (χ2n) is 6.62. The van der Waals surface area contributed by atoms with Gasteiger partial charge in [-0.2, -0.15) is 0 Å². The molecular formula is C15H27NO2. The first-order valence-corrected chi connectivity index (χ1v) is 7.60. The molecule has 2 saturated carbocycles. The van der Waals surface area contributed by atoms with Gasteiger partial charge in [-0.25, -0.2) is 0 Å². The lowest BCUT2D eigenvalue weighted by atomic mass is 9.69. The van der Waals surface area contributed by atoms with E-state index in [2.05, 4.69) is 12.2 Å². The summed E-state index contributed by atoms with van der Waals surface area (Å²) in [5.74, 6) is 1.41. The van der Waals surface area contributed by atoms with Crippen LogP contribution in [0.15, 0.2) is 0 Å². The topological polar surface area (TPSA) is 30.5 Å². The largest absolute Gasteiger partial charge is 0.384 e. The zero-order valence-corrected chi connectivity index (χ0v) is 11.8. The summed E-state index contributed by atoms with van der Waals surface area (Å²) in [6, 6.07) is 0.789. The number of nitrogens with one attached hydrogen (secondary N) is 1. The summed E-state index contributed by atoms with van der Waals surface area (Å²) in [6.45, 7) is 5.28. The third-order valence-electron chi connectivity index (χ3n) is 5.18. The zero-order chi connectivity index (χ0) is 12.6. The van der Waals surface area contributed by atoms with Crippen LogP contribution in [-0.2, 0) is 9.47 Å². The Morgan fingerprint density at radius 3 is 2.72 bits per heavy atom. The van der Waals surface area contributed by atoms with Gasteiger partial charge in [0.15, 0.2) is 0 Å². The first-order chi connectivity index (χ1) is 8.76. The van der Waals surface area contributed by atoms with Crippen LogP contribution in [0, 0.1) is 17.3 Å². The van der Waals surface area contributed by atoms with Crippen molar-refractivity contribution in [1.82, 2.24) is 5.32 Å². The van der Waals surface area contributed by atoms with E-state index in [1.807, 2.05) is 7.11 Å². The minimum absolute atomic E-state index is 0.319. The highest BCUT2D eigenvalue weighted by Gasteiger charge is 2.53. The molecule has 3 aliphatic rings. The van der Waals surface area contributed by atoms with Crippen molar-refractivity contribution < 1.29 is 9.47 Å². The van der Waals surface area contributed by atoms with Crippen molar-refractivity contribution in [2.45, 2.75) is 51.2 Å². The van der Waals surface area contributed by atoms with Gasteiger partial charge in [0.2, 0.25) is 0 Å². The molecule has 0 radical (unpaired) electrons. The third-order valence-corrected chi connectivity index (χ3v) is 5.18. The van der Waals surface area contributed by atoms with Crippen molar-refractivity contribution in [2.75, 3.05) is 26.9 Å². The monoisotopic (exact) mass is 253 g/mol. The number of ether oxygens (including phenoxy) is 2. The summed E-state index contributed by atoms with van der Waals surface area (Å²) >= 11 is 0. The van der Waals surface area contributed by atoms with Gasteiger partial charge in [-0.3, -0.25) is 0 Å². The Morgan fingerprint density at radius 2 is 2.11 bits per heavy atom. The van der Waals surface area contributed by atoms with Gasteiger partial charge in [0.1, 0.15) is 0 Å². The summed E-state index contributed by atoms with van der Waals surface area (Å²) in [7, 11) is 1.82. The standard InChI is InChI=1S/C15H27NO2/c1-11(9-17-2)15(10-16-13-5-6-13)7-8-18-14(15)12-3-4-12/h11-14,16H,3-10H2,1-2H3. The maximum Gasteiger partial charge on any atom is 0.0675 e. The van der Waals surface area contributed by atoms with E-state index < -0.39 is 0 Å². The predicted molar refractivity (Wildman–Crippen MR) is 71.6 cm³/mol. The number of rotatable bonds is 7. The van der Waals surface area contributed by atoms with Crippen molar-refractivity contribution in [3.8, 4) is 0 Å². The summed E-state index contributed by atoms with van der Waals surface area (Å²) < 4.78 is 11.5. The van der Waals surface area contributed by atoms with Gasteiger partial charge in [0, 0.05) is 38.3 Å². The smallest absolute Gasteiger partial charge is 0.0675 e. The zero-order valence-electron chi connectivity index (χ0n) is 11.8. The van der Waals surface area contributed by atoms with Crippen LogP contribution in [0.2, 0.25) is 0 Å². The molecule has 0 bridgehead atoms. The SMILES string of the molecule is COCC(C)C1(CNC2CC2)CCOC1C1CC1. The van der Waals surface area contributed by atoms with Gasteiger partial charge in [0.05, 0.1) is 6.10 Å². The highest BCUT2D eigenvalue weighted by Crippen LogP contribution is 2.51. The van der Waals surface area contributed by atoms with Gasteiger partial charge < -0.3 is 14.8 Å². The normalized spacial score (nSPS) is 38.0. The van der Waals surface area contributed by atoms with Crippen LogP contribution in [0.25, 0.3) is 0 Å². The fourth-order valence-electron chi connectivity index (χ4n) is 3.62. The summed E-state index contributed by atoms with van der Waals surface area (Å²) in [4.78, 5) is 0. The van der Waals surface area contributed by atoms with E-state index in [0.717, 1.165) is 31.7 Å². The van der Waals surface area contributed by atoms with Crippen molar-refractivity contribution in [3.05, 3.63) is 0 Å². The quantitative estimate of drug-likeness (QED) is 0.754. The summed E-state index contributed by atoms with van der Waals surface area (Å²) in [6.07, 6.45) is 7.16. The van der Waals surface area contributed by atoms with E-state index in [-0.39, 0.29) is 0 Å². The third kappa shape index (κ3) is 2.45. The Hall–Kier alpha value is -0.120. The molecule has 104 valence electrons. The Morgan fingerprint density at radius 1 is 1.33 bits per heavy atom. The fourth-order valence-corrected chi connectivity index (χ4v) is 3.62. The first kappa shape index (κ1) is 12.9. The molecule has 0 spiro atoms. The molecule has 3 rings (SSSR count). The Balaban J connectivity index is 1.71. The van der Waals surface area contributed by atoms with E-state index in [9.17, 15) is 0 Å². The molecule has 1 aliphatic heterocycles. The van der Waals surface area contributed by atoms with Crippen LogP contribution in [0.1, 0.15) is 39.0 Å². The molecule has 0 aromatic rings. The highest BCUT2D eigenvalue weighted by atomic mass is 16.5. The molecule has 3 nitrogen and oxygen atoms in total.